The lowest BCUT2D eigenvalue weighted by atomic mass is 9.95. The summed E-state index contributed by atoms with van der Waals surface area (Å²) in [7, 11) is -3.54. The molecule has 2 saturated heterocycles. The number of hydrogen-bond acceptors (Lipinski definition) is 5. The average Bonchev–Trinajstić information content (AvgIpc) is 2.72. The number of nitrogens with zero attached hydrogens (tertiary/aromatic N) is 3. The van der Waals surface area contributed by atoms with Crippen LogP contribution in [0, 0.1) is 5.92 Å². The molecular formula is C20H29N3O5S. The molecule has 4 rings (SSSR count). The molecule has 0 saturated carbocycles. The van der Waals surface area contributed by atoms with E-state index in [1.165, 1.54) is 8.61 Å². The van der Waals surface area contributed by atoms with Crippen molar-refractivity contribution in [3.05, 3.63) is 29.8 Å². The van der Waals surface area contributed by atoms with Crippen molar-refractivity contribution >= 4 is 16.1 Å². The number of para-hydroxylation sites is 1. The Hall–Kier alpha value is -1.68. The molecule has 0 radical (unpaired) electrons. The standard InChI is InChI=1S/C20H29N3O5S/c1-15-12-23(13-16(2)28-15)29(25,26)22-9-7-21(8-10-22)20(24)18-11-17-5-3-4-6-19(17)27-14-18/h3-6,15-16,18H,7-14H2,1-2H3. The van der Waals surface area contributed by atoms with Crippen LogP contribution in [0.4, 0.5) is 0 Å². The van der Waals surface area contributed by atoms with Crippen LogP contribution in [0.5, 0.6) is 5.75 Å². The molecule has 3 heterocycles. The smallest absolute Gasteiger partial charge is 0.282 e. The van der Waals surface area contributed by atoms with E-state index in [9.17, 15) is 13.2 Å². The zero-order valence-electron chi connectivity index (χ0n) is 17.0. The predicted octanol–water partition coefficient (Wildman–Crippen LogP) is 0.736. The zero-order valence-corrected chi connectivity index (χ0v) is 17.8. The van der Waals surface area contributed by atoms with Gasteiger partial charge in [0.2, 0.25) is 5.91 Å². The van der Waals surface area contributed by atoms with Gasteiger partial charge >= 0.3 is 0 Å². The first-order valence-corrected chi connectivity index (χ1v) is 11.6. The molecule has 9 heteroatoms. The number of fused-ring (bicyclic) bond motifs is 1. The van der Waals surface area contributed by atoms with Gasteiger partial charge in [0.15, 0.2) is 0 Å². The SMILES string of the molecule is CC1CN(S(=O)(=O)N2CCN(C(=O)C3COc4ccccc4C3)CC2)CC(C)O1. The Morgan fingerprint density at radius 3 is 2.34 bits per heavy atom. The summed E-state index contributed by atoms with van der Waals surface area (Å²) in [6.45, 7) is 6.33. The number of piperazine rings is 1. The van der Waals surface area contributed by atoms with E-state index in [2.05, 4.69) is 0 Å². The number of hydrogen-bond donors (Lipinski definition) is 0. The highest BCUT2D eigenvalue weighted by molar-refractivity contribution is 7.86. The summed E-state index contributed by atoms with van der Waals surface area (Å²) in [5.41, 5.74) is 1.05. The molecule has 3 atom stereocenters. The van der Waals surface area contributed by atoms with Gasteiger partial charge in [-0.2, -0.15) is 17.0 Å². The third kappa shape index (κ3) is 4.28. The maximum Gasteiger partial charge on any atom is 0.282 e. The topological polar surface area (TPSA) is 79.4 Å². The second-order valence-electron chi connectivity index (χ2n) is 8.13. The van der Waals surface area contributed by atoms with Crippen molar-refractivity contribution in [2.24, 2.45) is 5.92 Å². The lowest BCUT2D eigenvalue weighted by Crippen LogP contribution is -2.58. The molecule has 0 aromatic heterocycles. The first-order valence-electron chi connectivity index (χ1n) is 10.2. The third-order valence-electron chi connectivity index (χ3n) is 5.82. The van der Waals surface area contributed by atoms with E-state index >= 15 is 0 Å². The molecule has 160 valence electrons. The van der Waals surface area contributed by atoms with Crippen molar-refractivity contribution in [3.63, 3.8) is 0 Å². The highest BCUT2D eigenvalue weighted by Crippen LogP contribution is 2.28. The summed E-state index contributed by atoms with van der Waals surface area (Å²) in [6.07, 6.45) is 0.424. The minimum Gasteiger partial charge on any atom is -0.492 e. The van der Waals surface area contributed by atoms with Crippen molar-refractivity contribution in [3.8, 4) is 5.75 Å². The van der Waals surface area contributed by atoms with Gasteiger partial charge in [-0.25, -0.2) is 0 Å². The molecule has 1 aromatic rings. The zero-order chi connectivity index (χ0) is 20.6. The number of carbonyl (C=O) groups is 1. The highest BCUT2D eigenvalue weighted by Gasteiger charge is 2.38. The Labute approximate surface area is 172 Å². The summed E-state index contributed by atoms with van der Waals surface area (Å²) in [6, 6.07) is 7.79. The van der Waals surface area contributed by atoms with E-state index < -0.39 is 10.2 Å². The fraction of sp³-hybridized carbons (Fsp3) is 0.650. The fourth-order valence-electron chi connectivity index (χ4n) is 4.37. The molecule has 0 aliphatic carbocycles. The Morgan fingerprint density at radius 2 is 1.66 bits per heavy atom. The monoisotopic (exact) mass is 423 g/mol. The Bertz CT molecular complexity index is 843. The summed E-state index contributed by atoms with van der Waals surface area (Å²) >= 11 is 0. The largest absolute Gasteiger partial charge is 0.492 e. The Morgan fingerprint density at radius 1 is 1.00 bits per heavy atom. The molecule has 2 fully saturated rings. The highest BCUT2D eigenvalue weighted by atomic mass is 32.2. The minimum absolute atomic E-state index is 0.0465. The van der Waals surface area contributed by atoms with Crippen molar-refractivity contribution in [1.82, 2.24) is 13.5 Å². The van der Waals surface area contributed by atoms with Gasteiger partial charge in [-0.3, -0.25) is 4.79 Å². The number of carbonyl (C=O) groups excluding carboxylic acids is 1. The normalized spacial score (nSPS) is 29.2. The van der Waals surface area contributed by atoms with Crippen LogP contribution in [0.2, 0.25) is 0 Å². The van der Waals surface area contributed by atoms with Crippen molar-refractivity contribution in [2.75, 3.05) is 45.9 Å². The van der Waals surface area contributed by atoms with Crippen LogP contribution in [0.25, 0.3) is 0 Å². The van der Waals surface area contributed by atoms with E-state index in [1.807, 2.05) is 38.1 Å². The van der Waals surface area contributed by atoms with Crippen LogP contribution in [0.1, 0.15) is 19.4 Å². The predicted molar refractivity (Wildman–Crippen MR) is 108 cm³/mol. The van der Waals surface area contributed by atoms with Crippen LogP contribution < -0.4 is 4.74 Å². The molecular weight excluding hydrogens is 394 g/mol. The average molecular weight is 424 g/mol. The second-order valence-corrected chi connectivity index (χ2v) is 10.1. The van der Waals surface area contributed by atoms with Gasteiger partial charge in [0.05, 0.1) is 18.1 Å². The summed E-state index contributed by atoms with van der Waals surface area (Å²) < 4.78 is 40.4. The summed E-state index contributed by atoms with van der Waals surface area (Å²) in [5, 5.41) is 0. The van der Waals surface area contributed by atoms with Crippen LogP contribution in [0.15, 0.2) is 24.3 Å². The van der Waals surface area contributed by atoms with Gasteiger partial charge in [0.1, 0.15) is 12.4 Å². The molecule has 3 aliphatic rings. The molecule has 29 heavy (non-hydrogen) atoms. The first-order chi connectivity index (χ1) is 13.8. The molecule has 0 bridgehead atoms. The van der Waals surface area contributed by atoms with Crippen molar-refractivity contribution < 1.29 is 22.7 Å². The van der Waals surface area contributed by atoms with Crippen LogP contribution in [-0.2, 0) is 26.2 Å². The summed E-state index contributed by atoms with van der Waals surface area (Å²) in [4.78, 5) is 14.7. The van der Waals surface area contributed by atoms with Gasteiger partial charge < -0.3 is 14.4 Å². The lowest BCUT2D eigenvalue weighted by Gasteiger charge is -2.41. The van der Waals surface area contributed by atoms with E-state index in [0.717, 1.165) is 11.3 Å². The van der Waals surface area contributed by atoms with Gasteiger partial charge in [0, 0.05) is 39.3 Å². The quantitative estimate of drug-likeness (QED) is 0.716. The minimum atomic E-state index is -3.54. The Balaban J connectivity index is 1.35. The molecule has 3 unspecified atom stereocenters. The Kier molecular flexibility index (Phi) is 5.83. The van der Waals surface area contributed by atoms with Crippen LogP contribution >= 0.6 is 0 Å². The van der Waals surface area contributed by atoms with Gasteiger partial charge in [-0.1, -0.05) is 18.2 Å². The maximum atomic E-state index is 13.0. The number of benzene rings is 1. The lowest BCUT2D eigenvalue weighted by molar-refractivity contribution is -0.138. The molecule has 0 spiro atoms. The van der Waals surface area contributed by atoms with Gasteiger partial charge in [-0.15, -0.1) is 0 Å². The number of amides is 1. The molecule has 0 N–H and O–H groups in total. The van der Waals surface area contributed by atoms with Crippen molar-refractivity contribution in [2.45, 2.75) is 32.5 Å². The van der Waals surface area contributed by atoms with E-state index in [0.29, 0.717) is 52.3 Å². The van der Waals surface area contributed by atoms with Crippen LogP contribution in [0.3, 0.4) is 0 Å². The fourth-order valence-corrected chi connectivity index (χ4v) is 6.11. The molecule has 3 aliphatic heterocycles. The second kappa shape index (κ2) is 8.22. The molecule has 8 nitrogen and oxygen atoms in total. The number of rotatable bonds is 3. The number of ether oxygens (including phenoxy) is 2. The maximum absolute atomic E-state index is 13.0. The van der Waals surface area contributed by atoms with E-state index in [-0.39, 0.29) is 24.0 Å². The van der Waals surface area contributed by atoms with E-state index in [1.54, 1.807) is 4.90 Å². The van der Waals surface area contributed by atoms with E-state index in [4.69, 9.17) is 9.47 Å². The number of morpholine rings is 1. The van der Waals surface area contributed by atoms with Crippen LogP contribution in [-0.4, -0.2) is 85.9 Å². The third-order valence-corrected chi connectivity index (χ3v) is 7.79. The van der Waals surface area contributed by atoms with Gasteiger partial charge in [0.25, 0.3) is 10.2 Å². The summed E-state index contributed by atoms with van der Waals surface area (Å²) in [5.74, 6) is 0.681. The molecule has 1 amide bonds. The first kappa shape index (κ1) is 20.6. The van der Waals surface area contributed by atoms with Gasteiger partial charge in [-0.05, 0) is 31.9 Å². The molecule has 1 aromatic carbocycles. The van der Waals surface area contributed by atoms with Crippen molar-refractivity contribution in [1.29, 1.82) is 0 Å².